The Morgan fingerprint density at radius 3 is 0.881 bits per heavy atom. The van der Waals surface area contributed by atoms with Gasteiger partial charge in [-0.15, -0.1) is 47.0 Å². The van der Waals surface area contributed by atoms with E-state index in [1.807, 2.05) is 60.7 Å². The van der Waals surface area contributed by atoms with Crippen molar-refractivity contribution in [1.82, 2.24) is 9.97 Å². The van der Waals surface area contributed by atoms with Gasteiger partial charge in [0.15, 0.2) is 5.16 Å². The number of imidazole rings is 1. The van der Waals surface area contributed by atoms with Crippen molar-refractivity contribution in [3.05, 3.63) is 297 Å². The Kier molecular flexibility index (Phi) is 44.6. The highest BCUT2D eigenvalue weighted by atomic mass is 79.9. The van der Waals surface area contributed by atoms with Crippen molar-refractivity contribution in [2.45, 2.75) is 117 Å². The predicted octanol–water partition coefficient (Wildman–Crippen LogP) is 28.1. The molecule has 126 heavy (non-hydrogen) atoms. The fourth-order valence-corrected chi connectivity index (χ4v) is 23.2. The predicted molar refractivity (Wildman–Crippen MR) is 500 cm³/mol. The van der Waals surface area contributed by atoms with Crippen LogP contribution in [0.1, 0.15) is 98.1 Å². The first-order chi connectivity index (χ1) is 58.5. The van der Waals surface area contributed by atoms with E-state index in [4.69, 9.17) is 88.8 Å². The minimum Gasteiger partial charge on any atom is -0.478 e. The molecule has 0 aliphatic rings. The number of hydrogen-bond acceptors (Lipinski definition) is 12. The Morgan fingerprint density at radius 2 is 0.611 bits per heavy atom. The van der Waals surface area contributed by atoms with E-state index in [9.17, 15) is 71.5 Å². The van der Waals surface area contributed by atoms with Crippen LogP contribution in [0.25, 0.3) is 0 Å². The highest BCUT2D eigenvalue weighted by Gasteiger charge is 2.55. The van der Waals surface area contributed by atoms with Gasteiger partial charge in [-0.1, -0.05) is 221 Å². The summed E-state index contributed by atoms with van der Waals surface area (Å²) in [6.07, 6.45) is 10.6. The Morgan fingerprint density at radius 1 is 0.341 bits per heavy atom. The summed E-state index contributed by atoms with van der Waals surface area (Å²) in [5.41, 5.74) is -20.5. The van der Waals surface area contributed by atoms with Crippen molar-refractivity contribution in [2.75, 3.05) is 28.8 Å². The number of nitrogens with one attached hydrogen (secondary N) is 1. The fourth-order valence-electron chi connectivity index (χ4n) is 10.7. The van der Waals surface area contributed by atoms with Gasteiger partial charge in [-0.3, -0.25) is 22.8 Å². The van der Waals surface area contributed by atoms with Gasteiger partial charge in [0.2, 0.25) is 0 Å². The number of thioether (sulfide) groups is 5. The Balaban J connectivity index is 0.000000243. The molecule has 1 heterocycles. The second-order valence-electron chi connectivity index (χ2n) is 26.5. The van der Waals surface area contributed by atoms with Gasteiger partial charge in [0.05, 0.1) is 5.56 Å². The molecule has 48 heteroatoms. The first-order valence-corrected chi connectivity index (χ1v) is 54.9. The molecular weight excluding hydrogens is 2330 g/mol. The highest BCUT2D eigenvalue weighted by molar-refractivity contribution is 9.11. The first-order valence-electron chi connectivity index (χ1n) is 36.0. The van der Waals surface area contributed by atoms with Gasteiger partial charge in [-0.2, -0.15) is 43.9 Å². The molecule has 0 aliphatic heterocycles. The van der Waals surface area contributed by atoms with Crippen LogP contribution in [-0.2, 0) is 83.2 Å². The number of carbonyl (C=O) groups is 1. The first kappa shape index (κ1) is 112. The number of nitrogens with zero attached hydrogens (tertiary/aromatic N) is 1. The number of H-pyrrole nitrogens is 1. The van der Waals surface area contributed by atoms with E-state index in [-0.39, 0.29) is 27.9 Å². The van der Waals surface area contributed by atoms with Gasteiger partial charge in [-0.25, -0.2) is 9.78 Å². The maximum Gasteiger partial charge on any atom is 0.399 e. The quantitative estimate of drug-likeness (QED) is 0.00751. The summed E-state index contributed by atoms with van der Waals surface area (Å²) >= 11 is 44.1. The molecule has 0 spiro atoms. The van der Waals surface area contributed by atoms with Crippen molar-refractivity contribution in [3.63, 3.8) is 0 Å². The molecule has 0 unspecified atom stereocenters. The zero-order valence-electron chi connectivity index (χ0n) is 64.4. The topological polar surface area (TPSA) is 354 Å². The number of rotatable bonds is 36. The summed E-state index contributed by atoms with van der Waals surface area (Å²) in [6.45, 7) is 0. The second-order valence-corrected chi connectivity index (χ2v) is 47.0. The smallest absolute Gasteiger partial charge is 0.399 e. The van der Waals surface area contributed by atoms with Crippen LogP contribution in [0, 0.1) is 0 Å². The number of carboxylic acid groups (broad SMARTS) is 1. The standard InChI is InChI=1S/C17H16BrF2O5PS.C16H15Br2F2O3PS.C16H14BrCl2F2O3PS.C16H15BrClF2O3PS.C13H14BrF2N2O3PS/c18-15-9-11(6-7-14(15)17(19,20)26(23,24)25)3-2-8-27-13-5-1-4-12(10-13)16(21)22;17-12-4-1-5-13(10-12)25-8-2-3-11-6-7-14(15(18)9-11)16(19,20)24(21,22)23;17-15-6-10(3-4-14(15)16(20,21)25(22,23)24)2-1-5-26-13-8-11(18)7-12(19)9-13;17-15-9-11(6-7-14(15)16(19,20)24(21,22)23)3-2-8-25-13-5-1-4-12(18)10-13;14-11-8-9(2-1-7-23-12-17-5-6-18-12)3-4-10(11)13(15,16)22(19,20)21/h1,4-7,9-10H,2-3,8H2,(H,21,22)(H2,23,24,25);1,4-7,9-10H,2-3,8H2,(H2,21,22,23);3-4,6-9H,1-2,5H2,(H2,22,23,24);1,4-7,9-10H,2-3,8H2,(H2,21,22,23);3-6,8H,1-2,7H2,(H,17,18)(H2,19,20,21). The van der Waals surface area contributed by atoms with E-state index >= 15 is 0 Å². The lowest BCUT2D eigenvalue weighted by molar-refractivity contribution is 0.0557. The molecule has 1 aromatic heterocycles. The lowest BCUT2D eigenvalue weighted by Crippen LogP contribution is -2.14. The van der Waals surface area contributed by atoms with Crippen LogP contribution in [-0.4, -0.2) is 98.7 Å². The fraction of sp³-hybridized carbons (Fsp3) is 0.256. The summed E-state index contributed by atoms with van der Waals surface area (Å²) in [5.74, 6) is 2.99. The SMILES string of the molecule is O=C(O)c1cccc(SCCCc2ccc(C(F)(F)P(=O)(O)O)c(Br)c2)c1.O=P(O)(O)C(F)(F)c1ccc(CCCSc2cc(Cl)cc(Cl)c2)cc1Br.O=P(O)(O)C(F)(F)c1ccc(CCCSc2cccc(Br)c2)cc1Br.O=P(O)(O)C(F)(F)c1ccc(CCCSc2cccc(Cl)c2)cc1Br.O=P(O)(O)C(F)(F)c1ccc(CCCSc2ncc[nH]2)cc1Br. The van der Waals surface area contributed by atoms with Crippen LogP contribution in [0.2, 0.25) is 15.1 Å². The normalized spacial score (nSPS) is 12.4. The van der Waals surface area contributed by atoms with Crippen molar-refractivity contribution < 1.29 is 126 Å². The molecule has 10 rings (SSSR count). The van der Waals surface area contributed by atoms with E-state index < -0.39 is 100 Å². The van der Waals surface area contributed by atoms with Crippen molar-refractivity contribution >= 4 is 233 Å². The zero-order valence-corrected chi connectivity index (χ0v) is 84.7. The number of halogens is 19. The van der Waals surface area contributed by atoms with Crippen LogP contribution in [0.5, 0.6) is 0 Å². The molecule has 0 atom stereocenters. The number of aromatic nitrogens is 2. The maximum absolute atomic E-state index is 13.8. The average molecular weight is 2400 g/mol. The van der Waals surface area contributed by atoms with Gasteiger partial charge in [0.1, 0.15) is 0 Å². The van der Waals surface area contributed by atoms with Crippen LogP contribution in [0.3, 0.4) is 0 Å². The number of aryl methyl sites for hydroxylation is 5. The third-order valence-corrected chi connectivity index (χ3v) is 31.6. The molecule has 9 aromatic carbocycles. The third-order valence-electron chi connectivity index (χ3n) is 17.0. The molecule has 12 N–H and O–H groups in total. The zero-order chi connectivity index (χ0) is 94.2. The van der Waals surface area contributed by atoms with Crippen molar-refractivity contribution in [3.8, 4) is 0 Å². The maximum atomic E-state index is 13.8. The van der Waals surface area contributed by atoms with Crippen LogP contribution in [0.4, 0.5) is 43.9 Å². The Bertz CT molecular complexity index is 5460. The van der Waals surface area contributed by atoms with Crippen LogP contribution >= 0.6 is 227 Å². The molecule has 10 aromatic rings. The van der Waals surface area contributed by atoms with E-state index in [0.29, 0.717) is 59.3 Å². The van der Waals surface area contributed by atoms with Crippen LogP contribution < -0.4 is 0 Å². The lowest BCUT2D eigenvalue weighted by atomic mass is 10.1. The number of aromatic carboxylic acids is 1. The summed E-state index contributed by atoms with van der Waals surface area (Å²) in [7, 11) is -27.9. The van der Waals surface area contributed by atoms with E-state index in [2.05, 4.69) is 106 Å². The Labute approximate surface area is 804 Å². The minimum absolute atomic E-state index is 0.00188. The van der Waals surface area contributed by atoms with E-state index in [1.54, 1.807) is 83.7 Å². The molecule has 686 valence electrons. The van der Waals surface area contributed by atoms with Crippen molar-refractivity contribution in [1.29, 1.82) is 0 Å². The number of alkyl halides is 10. The van der Waals surface area contributed by atoms with E-state index in [1.165, 1.54) is 78.5 Å². The second kappa shape index (κ2) is 50.2. The largest absolute Gasteiger partial charge is 0.478 e. The molecule has 0 fully saturated rings. The molecule has 0 saturated heterocycles. The van der Waals surface area contributed by atoms with Crippen molar-refractivity contribution in [2.24, 2.45) is 0 Å². The molecule has 0 radical (unpaired) electrons. The lowest BCUT2D eigenvalue weighted by Gasteiger charge is -2.19. The minimum atomic E-state index is -5.61. The summed E-state index contributed by atoms with van der Waals surface area (Å²) < 4.78 is 193. The number of hydrogen-bond donors (Lipinski definition) is 12. The van der Waals surface area contributed by atoms with Gasteiger partial charge < -0.3 is 59.0 Å². The van der Waals surface area contributed by atoms with Crippen LogP contribution in [0.15, 0.2) is 246 Å². The van der Waals surface area contributed by atoms with Gasteiger partial charge in [0.25, 0.3) is 0 Å². The summed E-state index contributed by atoms with van der Waals surface area (Å²) in [5, 5.41) is 11.6. The number of aromatic amines is 1. The van der Waals surface area contributed by atoms with Gasteiger partial charge >= 0.3 is 72.3 Å². The number of benzene rings is 9. The highest BCUT2D eigenvalue weighted by Crippen LogP contribution is 2.65. The molecule has 0 bridgehead atoms. The molecular formula is C78H74Br6Cl3F10N2O17P5S5. The van der Waals surface area contributed by atoms with Gasteiger partial charge in [-0.05, 0) is 218 Å². The van der Waals surface area contributed by atoms with E-state index in [0.717, 1.165) is 136 Å². The average Bonchev–Trinajstić information content (AvgIpc) is 0.943. The summed E-state index contributed by atoms with van der Waals surface area (Å²) in [6, 6.07) is 47.2. The molecule has 0 amide bonds. The monoisotopic (exact) mass is 2390 g/mol. The molecule has 0 saturated carbocycles. The molecule has 19 nitrogen and oxygen atoms in total. The summed E-state index contributed by atoms with van der Waals surface area (Å²) in [4.78, 5) is 110. The Hall–Kier alpha value is -2.79. The third kappa shape index (κ3) is 34.5. The molecule has 0 aliphatic carbocycles. The van der Waals surface area contributed by atoms with Gasteiger partial charge in [0, 0.05) is 107 Å². The number of carboxylic acids is 1.